The van der Waals surface area contributed by atoms with Gasteiger partial charge in [0.15, 0.2) is 4.47 Å². The number of hydrogen-bond acceptors (Lipinski definition) is 3. The van der Waals surface area contributed by atoms with E-state index in [0.29, 0.717) is 4.47 Å². The summed E-state index contributed by atoms with van der Waals surface area (Å²) in [7, 11) is 1.99. The molecule has 1 saturated carbocycles. The molecule has 0 saturated heterocycles. The lowest BCUT2D eigenvalue weighted by Gasteiger charge is -2.09. The molecule has 1 aliphatic carbocycles. The fourth-order valence-electron chi connectivity index (χ4n) is 1.22. The molecule has 1 fully saturated rings. The Morgan fingerprint density at radius 3 is 2.82 bits per heavy atom. The zero-order valence-electron chi connectivity index (χ0n) is 6.22. The van der Waals surface area contributed by atoms with E-state index < -0.39 is 0 Å². The van der Waals surface area contributed by atoms with Crippen LogP contribution in [-0.2, 0) is 5.54 Å². The predicted octanol–water partition coefficient (Wildman–Crippen LogP) is 2.00. The van der Waals surface area contributed by atoms with Crippen LogP contribution in [0.1, 0.15) is 17.7 Å². The maximum absolute atomic E-state index is 5.73. The standard InChI is InChI=1S/C7H9ClN2S/c1-9-7(2-3-7)5-4-10-6(8)11-5/h4,9H,2-3H2,1H3. The van der Waals surface area contributed by atoms with Crippen LogP contribution in [0.3, 0.4) is 0 Å². The van der Waals surface area contributed by atoms with E-state index in [1.54, 1.807) is 11.3 Å². The number of halogens is 1. The van der Waals surface area contributed by atoms with Gasteiger partial charge in [-0.2, -0.15) is 0 Å². The summed E-state index contributed by atoms with van der Waals surface area (Å²) >= 11 is 7.30. The van der Waals surface area contributed by atoms with Crippen LogP contribution >= 0.6 is 22.9 Å². The van der Waals surface area contributed by atoms with Gasteiger partial charge in [-0.15, -0.1) is 11.3 Å². The van der Waals surface area contributed by atoms with Gasteiger partial charge in [0, 0.05) is 11.1 Å². The van der Waals surface area contributed by atoms with Crippen molar-refractivity contribution in [3.05, 3.63) is 15.5 Å². The van der Waals surface area contributed by atoms with E-state index in [4.69, 9.17) is 11.6 Å². The Hall–Kier alpha value is -0.120. The SMILES string of the molecule is CNC1(c2cnc(Cl)s2)CC1. The van der Waals surface area contributed by atoms with E-state index in [9.17, 15) is 0 Å². The molecule has 0 spiro atoms. The van der Waals surface area contributed by atoms with Crippen molar-refractivity contribution in [1.29, 1.82) is 0 Å². The first-order chi connectivity index (χ1) is 5.27. The van der Waals surface area contributed by atoms with Gasteiger partial charge in [0.05, 0.1) is 5.54 Å². The quantitative estimate of drug-likeness (QED) is 0.768. The number of hydrogen-bond donors (Lipinski definition) is 1. The van der Waals surface area contributed by atoms with Crippen molar-refractivity contribution in [1.82, 2.24) is 10.3 Å². The second kappa shape index (κ2) is 2.44. The molecule has 60 valence electrons. The summed E-state index contributed by atoms with van der Waals surface area (Å²) < 4.78 is 0.640. The molecule has 0 radical (unpaired) electrons. The van der Waals surface area contributed by atoms with Gasteiger partial charge < -0.3 is 5.32 Å². The van der Waals surface area contributed by atoms with Crippen molar-refractivity contribution in [2.45, 2.75) is 18.4 Å². The molecule has 0 atom stereocenters. The number of nitrogens with zero attached hydrogens (tertiary/aromatic N) is 1. The fraction of sp³-hybridized carbons (Fsp3) is 0.571. The van der Waals surface area contributed by atoms with Gasteiger partial charge in [-0.25, -0.2) is 4.98 Å². The Morgan fingerprint density at radius 2 is 2.45 bits per heavy atom. The number of nitrogens with one attached hydrogen (secondary N) is 1. The van der Waals surface area contributed by atoms with Crippen molar-refractivity contribution >= 4 is 22.9 Å². The summed E-state index contributed by atoms with van der Waals surface area (Å²) in [5.74, 6) is 0. The van der Waals surface area contributed by atoms with E-state index in [1.165, 1.54) is 17.7 Å². The van der Waals surface area contributed by atoms with Crippen LogP contribution in [-0.4, -0.2) is 12.0 Å². The molecule has 0 aliphatic heterocycles. The summed E-state index contributed by atoms with van der Waals surface area (Å²) in [6, 6.07) is 0. The van der Waals surface area contributed by atoms with Crippen LogP contribution in [0.25, 0.3) is 0 Å². The molecule has 0 aromatic carbocycles. The topological polar surface area (TPSA) is 24.9 Å². The second-order valence-electron chi connectivity index (χ2n) is 2.81. The zero-order valence-corrected chi connectivity index (χ0v) is 7.80. The zero-order chi connectivity index (χ0) is 7.90. The molecule has 0 amide bonds. The minimum Gasteiger partial charge on any atom is -0.310 e. The molecule has 0 unspecified atom stereocenters. The Balaban J connectivity index is 2.29. The average Bonchev–Trinajstić information content (AvgIpc) is 2.70. The maximum atomic E-state index is 5.73. The third-order valence-electron chi connectivity index (χ3n) is 2.18. The third kappa shape index (κ3) is 1.17. The first-order valence-corrected chi connectivity index (χ1v) is 4.77. The van der Waals surface area contributed by atoms with Crippen LogP contribution < -0.4 is 5.32 Å². The first-order valence-electron chi connectivity index (χ1n) is 3.57. The molecule has 2 rings (SSSR count). The maximum Gasteiger partial charge on any atom is 0.183 e. The highest BCUT2D eigenvalue weighted by Gasteiger charge is 2.44. The van der Waals surface area contributed by atoms with Gasteiger partial charge in [-0.1, -0.05) is 11.6 Å². The Morgan fingerprint density at radius 1 is 1.73 bits per heavy atom. The van der Waals surface area contributed by atoms with E-state index in [0.717, 1.165) is 0 Å². The van der Waals surface area contributed by atoms with Crippen LogP contribution in [0.15, 0.2) is 6.20 Å². The van der Waals surface area contributed by atoms with Gasteiger partial charge in [-0.3, -0.25) is 0 Å². The molecule has 1 N–H and O–H groups in total. The highest BCUT2D eigenvalue weighted by Crippen LogP contribution is 2.47. The van der Waals surface area contributed by atoms with Crippen LogP contribution in [0.5, 0.6) is 0 Å². The Kier molecular flexibility index (Phi) is 1.67. The fourth-order valence-corrected chi connectivity index (χ4v) is 2.41. The van der Waals surface area contributed by atoms with E-state index in [-0.39, 0.29) is 5.54 Å². The van der Waals surface area contributed by atoms with E-state index in [1.807, 2.05) is 13.2 Å². The smallest absolute Gasteiger partial charge is 0.183 e. The highest BCUT2D eigenvalue weighted by molar-refractivity contribution is 7.15. The van der Waals surface area contributed by atoms with Gasteiger partial charge >= 0.3 is 0 Å². The molecule has 1 heterocycles. The molecular weight excluding hydrogens is 180 g/mol. The van der Waals surface area contributed by atoms with Crippen LogP contribution in [0, 0.1) is 0 Å². The number of thiazole rings is 1. The van der Waals surface area contributed by atoms with Crippen molar-refractivity contribution < 1.29 is 0 Å². The minimum absolute atomic E-state index is 0.227. The van der Waals surface area contributed by atoms with Gasteiger partial charge in [0.25, 0.3) is 0 Å². The van der Waals surface area contributed by atoms with Gasteiger partial charge in [0.1, 0.15) is 0 Å². The minimum atomic E-state index is 0.227. The summed E-state index contributed by atoms with van der Waals surface area (Å²) in [4.78, 5) is 5.28. The van der Waals surface area contributed by atoms with Crippen LogP contribution in [0.4, 0.5) is 0 Å². The van der Waals surface area contributed by atoms with Crippen molar-refractivity contribution in [3.63, 3.8) is 0 Å². The summed E-state index contributed by atoms with van der Waals surface area (Å²) in [5.41, 5.74) is 0.227. The lowest BCUT2D eigenvalue weighted by Crippen LogP contribution is -2.22. The van der Waals surface area contributed by atoms with Crippen LogP contribution in [0.2, 0.25) is 4.47 Å². The van der Waals surface area contributed by atoms with Crippen molar-refractivity contribution in [2.75, 3.05) is 7.05 Å². The molecular formula is C7H9ClN2S. The van der Waals surface area contributed by atoms with E-state index in [2.05, 4.69) is 10.3 Å². The number of rotatable bonds is 2. The first kappa shape index (κ1) is 7.53. The third-order valence-corrected chi connectivity index (χ3v) is 3.50. The molecule has 1 aromatic rings. The summed E-state index contributed by atoms with van der Waals surface area (Å²) in [5, 5.41) is 3.29. The molecule has 1 aromatic heterocycles. The Labute approximate surface area is 74.6 Å². The number of aromatic nitrogens is 1. The molecule has 11 heavy (non-hydrogen) atoms. The lowest BCUT2D eigenvalue weighted by atomic mass is 10.2. The average molecular weight is 189 g/mol. The summed E-state index contributed by atoms with van der Waals surface area (Å²) in [6.45, 7) is 0. The highest BCUT2D eigenvalue weighted by atomic mass is 35.5. The van der Waals surface area contributed by atoms with Crippen molar-refractivity contribution in [2.24, 2.45) is 0 Å². The molecule has 1 aliphatic rings. The van der Waals surface area contributed by atoms with Gasteiger partial charge in [-0.05, 0) is 19.9 Å². The monoisotopic (exact) mass is 188 g/mol. The molecule has 4 heteroatoms. The molecule has 2 nitrogen and oxygen atoms in total. The molecule has 0 bridgehead atoms. The summed E-state index contributed by atoms with van der Waals surface area (Å²) in [6.07, 6.45) is 4.29. The predicted molar refractivity (Wildman–Crippen MR) is 47.1 cm³/mol. The normalized spacial score (nSPS) is 20.2. The largest absolute Gasteiger partial charge is 0.310 e. The Bertz CT molecular complexity index is 267. The second-order valence-corrected chi connectivity index (χ2v) is 4.42. The van der Waals surface area contributed by atoms with Crippen molar-refractivity contribution in [3.8, 4) is 0 Å². The lowest BCUT2D eigenvalue weighted by molar-refractivity contribution is 0.596. The van der Waals surface area contributed by atoms with Gasteiger partial charge in [0.2, 0.25) is 0 Å². The van der Waals surface area contributed by atoms with E-state index >= 15 is 0 Å².